The van der Waals surface area contributed by atoms with Crippen LogP contribution in [-0.4, -0.2) is 43.4 Å². The maximum atomic E-state index is 11.6. The van der Waals surface area contributed by atoms with E-state index in [0.29, 0.717) is 18.7 Å². The van der Waals surface area contributed by atoms with E-state index in [1.165, 1.54) is 5.69 Å². The van der Waals surface area contributed by atoms with Crippen LogP contribution >= 0.6 is 11.6 Å². The van der Waals surface area contributed by atoms with E-state index in [1.54, 1.807) is 0 Å². The molecule has 3 nitrogen and oxygen atoms in total. The second-order valence-electron chi connectivity index (χ2n) is 5.03. The van der Waals surface area contributed by atoms with E-state index in [0.717, 1.165) is 37.6 Å². The van der Waals surface area contributed by atoms with Crippen molar-refractivity contribution >= 4 is 23.1 Å². The van der Waals surface area contributed by atoms with Crippen LogP contribution in [-0.2, 0) is 4.79 Å². The summed E-state index contributed by atoms with van der Waals surface area (Å²) in [6, 6.07) is 7.96. The van der Waals surface area contributed by atoms with E-state index >= 15 is 0 Å². The van der Waals surface area contributed by atoms with Gasteiger partial charge < -0.3 is 4.90 Å². The molecule has 0 spiro atoms. The Morgan fingerprint density at radius 3 is 2.37 bits per heavy atom. The van der Waals surface area contributed by atoms with Crippen molar-refractivity contribution in [2.45, 2.75) is 19.8 Å². The van der Waals surface area contributed by atoms with Gasteiger partial charge in [-0.1, -0.05) is 18.5 Å². The van der Waals surface area contributed by atoms with Crippen molar-refractivity contribution in [1.29, 1.82) is 0 Å². The Morgan fingerprint density at radius 2 is 1.79 bits per heavy atom. The summed E-state index contributed by atoms with van der Waals surface area (Å²) in [7, 11) is 0. The lowest BCUT2D eigenvalue weighted by atomic mass is 10.2. The van der Waals surface area contributed by atoms with E-state index in [4.69, 9.17) is 11.6 Å². The van der Waals surface area contributed by atoms with Gasteiger partial charge in [-0.3, -0.25) is 9.69 Å². The molecule has 1 aromatic carbocycles. The van der Waals surface area contributed by atoms with Gasteiger partial charge in [0.25, 0.3) is 0 Å². The van der Waals surface area contributed by atoms with Crippen molar-refractivity contribution in [3.8, 4) is 0 Å². The summed E-state index contributed by atoms with van der Waals surface area (Å²) in [4.78, 5) is 16.2. The Kier molecular flexibility index (Phi) is 5.23. The molecular formula is C15H21ClN2O. The molecule has 0 saturated carbocycles. The van der Waals surface area contributed by atoms with Crippen molar-refractivity contribution in [3.05, 3.63) is 29.3 Å². The smallest absolute Gasteiger partial charge is 0.146 e. The van der Waals surface area contributed by atoms with Gasteiger partial charge in [0.15, 0.2) is 0 Å². The molecule has 2 rings (SSSR count). The summed E-state index contributed by atoms with van der Waals surface area (Å²) in [5, 5.41) is 0.771. The number of anilines is 1. The van der Waals surface area contributed by atoms with Gasteiger partial charge in [0.05, 0.1) is 6.54 Å². The van der Waals surface area contributed by atoms with Gasteiger partial charge in [0.2, 0.25) is 0 Å². The van der Waals surface area contributed by atoms with Gasteiger partial charge in [-0.15, -0.1) is 0 Å². The van der Waals surface area contributed by atoms with Crippen molar-refractivity contribution < 1.29 is 4.79 Å². The number of ketones is 1. The standard InChI is InChI=1S/C15H21ClN2O/c1-2-3-15(19)12-17-8-10-18(11-9-17)14-6-4-13(16)5-7-14/h4-7H,2-3,8-12H2,1H3. The molecule has 1 aromatic rings. The number of carbonyl (C=O) groups is 1. The van der Waals surface area contributed by atoms with Crippen LogP contribution in [0.4, 0.5) is 5.69 Å². The molecule has 1 aliphatic heterocycles. The fourth-order valence-electron chi connectivity index (χ4n) is 2.42. The lowest BCUT2D eigenvalue weighted by Gasteiger charge is -2.35. The van der Waals surface area contributed by atoms with E-state index < -0.39 is 0 Å². The Labute approximate surface area is 120 Å². The van der Waals surface area contributed by atoms with Crippen LogP contribution in [0.1, 0.15) is 19.8 Å². The molecule has 1 heterocycles. The number of halogens is 1. The number of rotatable bonds is 5. The van der Waals surface area contributed by atoms with Crippen LogP contribution in [0.2, 0.25) is 5.02 Å². The van der Waals surface area contributed by atoms with Crippen LogP contribution in [0.15, 0.2) is 24.3 Å². The van der Waals surface area contributed by atoms with Gasteiger partial charge >= 0.3 is 0 Å². The fraction of sp³-hybridized carbons (Fsp3) is 0.533. The Bertz CT molecular complexity index is 411. The third kappa shape index (κ3) is 4.22. The van der Waals surface area contributed by atoms with Crippen molar-refractivity contribution in [3.63, 3.8) is 0 Å². The molecule has 0 aromatic heterocycles. The number of nitrogens with zero attached hydrogens (tertiary/aromatic N) is 2. The lowest BCUT2D eigenvalue weighted by molar-refractivity contribution is -0.120. The molecule has 0 radical (unpaired) electrons. The number of benzene rings is 1. The van der Waals surface area contributed by atoms with E-state index in [2.05, 4.69) is 28.9 Å². The summed E-state index contributed by atoms with van der Waals surface area (Å²) < 4.78 is 0. The summed E-state index contributed by atoms with van der Waals surface area (Å²) in [5.74, 6) is 0.363. The number of Topliss-reactive ketones (excluding diaryl/α,β-unsaturated/α-hetero) is 1. The third-order valence-electron chi connectivity index (χ3n) is 3.49. The summed E-state index contributed by atoms with van der Waals surface area (Å²) >= 11 is 5.90. The first-order valence-electron chi connectivity index (χ1n) is 6.93. The number of hydrogen-bond acceptors (Lipinski definition) is 3. The van der Waals surface area contributed by atoms with Gasteiger partial charge in [-0.25, -0.2) is 0 Å². The first-order chi connectivity index (χ1) is 9.19. The summed E-state index contributed by atoms with van der Waals surface area (Å²) in [6.45, 7) is 6.52. The predicted molar refractivity (Wildman–Crippen MR) is 80.0 cm³/mol. The quantitative estimate of drug-likeness (QED) is 0.829. The molecule has 0 unspecified atom stereocenters. The first-order valence-corrected chi connectivity index (χ1v) is 7.31. The molecule has 104 valence electrons. The van der Waals surface area contributed by atoms with Gasteiger partial charge in [-0.2, -0.15) is 0 Å². The molecule has 1 saturated heterocycles. The largest absolute Gasteiger partial charge is 0.369 e. The zero-order valence-corrected chi connectivity index (χ0v) is 12.2. The molecule has 1 fully saturated rings. The summed E-state index contributed by atoms with van der Waals surface area (Å²) in [5.41, 5.74) is 1.21. The highest BCUT2D eigenvalue weighted by molar-refractivity contribution is 6.30. The second-order valence-corrected chi connectivity index (χ2v) is 5.46. The van der Waals surface area contributed by atoms with Crippen LogP contribution in [0.25, 0.3) is 0 Å². The zero-order chi connectivity index (χ0) is 13.7. The monoisotopic (exact) mass is 280 g/mol. The Hall–Kier alpha value is -1.06. The average Bonchev–Trinajstić information content (AvgIpc) is 2.41. The second kappa shape index (κ2) is 6.92. The van der Waals surface area contributed by atoms with Crippen LogP contribution in [0.3, 0.4) is 0 Å². The minimum atomic E-state index is 0.363. The molecule has 0 atom stereocenters. The van der Waals surface area contributed by atoms with E-state index in [9.17, 15) is 4.79 Å². The van der Waals surface area contributed by atoms with E-state index in [-0.39, 0.29) is 0 Å². The highest BCUT2D eigenvalue weighted by Crippen LogP contribution is 2.19. The Morgan fingerprint density at radius 1 is 1.16 bits per heavy atom. The minimum absolute atomic E-state index is 0.363. The topological polar surface area (TPSA) is 23.6 Å². The fourth-order valence-corrected chi connectivity index (χ4v) is 2.55. The minimum Gasteiger partial charge on any atom is -0.369 e. The van der Waals surface area contributed by atoms with Gasteiger partial charge in [0, 0.05) is 43.3 Å². The Balaban J connectivity index is 1.82. The lowest BCUT2D eigenvalue weighted by Crippen LogP contribution is -2.47. The first kappa shape index (κ1) is 14.4. The third-order valence-corrected chi connectivity index (χ3v) is 3.74. The molecule has 4 heteroatoms. The SMILES string of the molecule is CCCC(=O)CN1CCN(c2ccc(Cl)cc2)CC1. The highest BCUT2D eigenvalue weighted by Gasteiger charge is 2.18. The molecule has 0 amide bonds. The molecule has 19 heavy (non-hydrogen) atoms. The van der Waals surface area contributed by atoms with Crippen LogP contribution < -0.4 is 4.90 Å². The van der Waals surface area contributed by atoms with Gasteiger partial charge in [0.1, 0.15) is 5.78 Å². The highest BCUT2D eigenvalue weighted by atomic mass is 35.5. The summed E-state index contributed by atoms with van der Waals surface area (Å²) in [6.07, 6.45) is 1.65. The average molecular weight is 281 g/mol. The number of piperazine rings is 1. The molecular weight excluding hydrogens is 260 g/mol. The molecule has 0 N–H and O–H groups in total. The maximum absolute atomic E-state index is 11.6. The normalized spacial score (nSPS) is 16.6. The number of hydrogen-bond donors (Lipinski definition) is 0. The molecule has 1 aliphatic rings. The van der Waals surface area contributed by atoms with Crippen LogP contribution in [0, 0.1) is 0 Å². The van der Waals surface area contributed by atoms with Crippen LogP contribution in [0.5, 0.6) is 0 Å². The maximum Gasteiger partial charge on any atom is 0.146 e. The van der Waals surface area contributed by atoms with Gasteiger partial charge in [-0.05, 0) is 30.7 Å². The van der Waals surface area contributed by atoms with Crippen molar-refractivity contribution in [1.82, 2.24) is 4.90 Å². The van der Waals surface area contributed by atoms with Crippen molar-refractivity contribution in [2.75, 3.05) is 37.6 Å². The zero-order valence-electron chi connectivity index (χ0n) is 11.4. The molecule has 0 bridgehead atoms. The van der Waals surface area contributed by atoms with Crippen molar-refractivity contribution in [2.24, 2.45) is 0 Å². The number of carbonyl (C=O) groups excluding carboxylic acids is 1. The molecule has 0 aliphatic carbocycles. The van der Waals surface area contributed by atoms with E-state index in [1.807, 2.05) is 12.1 Å². The predicted octanol–water partition coefficient (Wildman–Crippen LogP) is 2.83.